The Labute approximate surface area is 163 Å². The van der Waals surface area contributed by atoms with Crippen molar-refractivity contribution in [2.45, 2.75) is 33.8 Å². The number of carbonyl (C=O) groups excluding carboxylic acids is 3. The van der Waals surface area contributed by atoms with Crippen LogP contribution in [0.25, 0.3) is 0 Å². The first-order valence-corrected chi connectivity index (χ1v) is 8.80. The first-order chi connectivity index (χ1) is 13.2. The molecule has 0 aromatic heterocycles. The molecular weight excluding hydrogens is 363 g/mol. The molecule has 0 saturated heterocycles. The Morgan fingerprint density at radius 1 is 1.07 bits per heavy atom. The molecule has 2 aromatic carbocycles. The number of carbonyl (C=O) groups is 3. The number of aryl methyl sites for hydroxylation is 3. The normalized spacial score (nSPS) is 11.5. The van der Waals surface area contributed by atoms with Crippen LogP contribution in [0.3, 0.4) is 0 Å². The zero-order valence-electron chi connectivity index (χ0n) is 16.3. The maximum Gasteiger partial charge on any atom is 0.326 e. The number of rotatable bonds is 6. The highest BCUT2D eigenvalue weighted by atomic mass is 19.1. The molecule has 0 spiro atoms. The lowest BCUT2D eigenvalue weighted by atomic mass is 10.0. The molecule has 0 aliphatic carbocycles. The van der Waals surface area contributed by atoms with Crippen LogP contribution in [0.5, 0.6) is 0 Å². The van der Waals surface area contributed by atoms with Gasteiger partial charge in [0.25, 0.3) is 11.8 Å². The van der Waals surface area contributed by atoms with E-state index in [-0.39, 0.29) is 5.56 Å². The molecule has 148 valence electrons. The number of hydrogen-bond donors (Lipinski definition) is 2. The van der Waals surface area contributed by atoms with E-state index in [0.717, 1.165) is 22.8 Å². The predicted molar refractivity (Wildman–Crippen MR) is 104 cm³/mol. The van der Waals surface area contributed by atoms with Gasteiger partial charge in [-0.1, -0.05) is 29.8 Å². The second-order valence-corrected chi connectivity index (χ2v) is 6.56. The highest BCUT2D eigenvalue weighted by Gasteiger charge is 2.20. The highest BCUT2D eigenvalue weighted by Crippen LogP contribution is 2.22. The number of ether oxygens (including phenoxy) is 1. The number of esters is 1. The molecule has 2 N–H and O–H groups in total. The Morgan fingerprint density at radius 2 is 1.68 bits per heavy atom. The van der Waals surface area contributed by atoms with Gasteiger partial charge in [-0.3, -0.25) is 14.4 Å². The Bertz CT molecular complexity index is 888. The van der Waals surface area contributed by atoms with Crippen LogP contribution in [-0.2, 0) is 14.3 Å². The fraction of sp³-hybridized carbons (Fsp3) is 0.286. The van der Waals surface area contributed by atoms with Crippen LogP contribution < -0.4 is 10.6 Å². The van der Waals surface area contributed by atoms with Gasteiger partial charge in [-0.05, 0) is 51.0 Å². The number of benzene rings is 2. The summed E-state index contributed by atoms with van der Waals surface area (Å²) in [5, 5.41) is 5.03. The predicted octanol–water partition coefficient (Wildman–Crippen LogP) is 3.05. The second kappa shape index (κ2) is 9.12. The average molecular weight is 386 g/mol. The van der Waals surface area contributed by atoms with Crippen LogP contribution in [0.4, 0.5) is 10.1 Å². The van der Waals surface area contributed by atoms with Gasteiger partial charge in [-0.15, -0.1) is 0 Å². The molecule has 0 aliphatic rings. The van der Waals surface area contributed by atoms with Crippen molar-refractivity contribution in [1.29, 1.82) is 0 Å². The van der Waals surface area contributed by atoms with Gasteiger partial charge in [0, 0.05) is 5.69 Å². The minimum Gasteiger partial charge on any atom is -0.451 e. The quantitative estimate of drug-likeness (QED) is 0.748. The fourth-order valence-corrected chi connectivity index (χ4v) is 2.79. The number of amides is 2. The van der Waals surface area contributed by atoms with Crippen molar-refractivity contribution < 1.29 is 23.5 Å². The summed E-state index contributed by atoms with van der Waals surface area (Å²) >= 11 is 0. The average Bonchev–Trinajstić information content (AvgIpc) is 2.62. The molecule has 2 amide bonds. The van der Waals surface area contributed by atoms with E-state index in [1.165, 1.54) is 25.1 Å². The highest BCUT2D eigenvalue weighted by molar-refractivity contribution is 5.98. The van der Waals surface area contributed by atoms with Gasteiger partial charge in [0.1, 0.15) is 12.4 Å². The maximum atomic E-state index is 13.5. The monoisotopic (exact) mass is 386 g/mol. The molecular formula is C21H23FN2O4. The SMILES string of the molecule is Cc1cc(C)c(NC(=O)C(C)OC(=O)CNC(=O)c2ccccc2F)c(C)c1. The van der Waals surface area contributed by atoms with Crippen molar-refractivity contribution in [2.75, 3.05) is 11.9 Å². The summed E-state index contributed by atoms with van der Waals surface area (Å²) in [4.78, 5) is 36.1. The van der Waals surface area contributed by atoms with Crippen LogP contribution in [0.15, 0.2) is 36.4 Å². The third-order valence-electron chi connectivity index (χ3n) is 4.11. The topological polar surface area (TPSA) is 84.5 Å². The van der Waals surface area contributed by atoms with E-state index in [1.807, 2.05) is 32.9 Å². The van der Waals surface area contributed by atoms with Gasteiger partial charge >= 0.3 is 5.97 Å². The summed E-state index contributed by atoms with van der Waals surface area (Å²) in [6, 6.07) is 9.30. The summed E-state index contributed by atoms with van der Waals surface area (Å²) in [5.41, 5.74) is 3.39. The van der Waals surface area contributed by atoms with Crippen LogP contribution in [-0.4, -0.2) is 30.4 Å². The first kappa shape index (κ1) is 21.1. The molecule has 7 heteroatoms. The van der Waals surface area contributed by atoms with Gasteiger partial charge in [0.15, 0.2) is 6.10 Å². The van der Waals surface area contributed by atoms with Crippen molar-refractivity contribution in [3.63, 3.8) is 0 Å². The minimum absolute atomic E-state index is 0.175. The molecule has 0 fully saturated rings. The molecule has 28 heavy (non-hydrogen) atoms. The summed E-state index contributed by atoms with van der Waals surface area (Å²) < 4.78 is 18.6. The van der Waals surface area contributed by atoms with E-state index in [4.69, 9.17) is 4.74 Å². The first-order valence-electron chi connectivity index (χ1n) is 8.80. The number of hydrogen-bond acceptors (Lipinski definition) is 4. The lowest BCUT2D eigenvalue weighted by Gasteiger charge is -2.17. The summed E-state index contributed by atoms with van der Waals surface area (Å²) in [6.07, 6.45) is -1.06. The van der Waals surface area contributed by atoms with Crippen LogP contribution in [0.1, 0.15) is 34.0 Å². The third kappa shape index (κ3) is 5.39. The Kier molecular flexibility index (Phi) is 6.87. The zero-order valence-corrected chi connectivity index (χ0v) is 16.3. The molecule has 6 nitrogen and oxygen atoms in total. The van der Waals surface area contributed by atoms with E-state index in [0.29, 0.717) is 5.69 Å². The van der Waals surface area contributed by atoms with E-state index >= 15 is 0 Å². The van der Waals surface area contributed by atoms with Crippen molar-refractivity contribution in [3.8, 4) is 0 Å². The lowest BCUT2D eigenvalue weighted by molar-refractivity contribution is -0.152. The fourth-order valence-electron chi connectivity index (χ4n) is 2.79. The van der Waals surface area contributed by atoms with E-state index in [1.54, 1.807) is 0 Å². The van der Waals surface area contributed by atoms with E-state index in [9.17, 15) is 18.8 Å². The number of nitrogens with one attached hydrogen (secondary N) is 2. The van der Waals surface area contributed by atoms with Crippen molar-refractivity contribution >= 4 is 23.5 Å². The zero-order chi connectivity index (χ0) is 20.8. The van der Waals surface area contributed by atoms with Crippen LogP contribution >= 0.6 is 0 Å². The molecule has 0 bridgehead atoms. The Morgan fingerprint density at radius 3 is 2.29 bits per heavy atom. The molecule has 0 heterocycles. The van der Waals surface area contributed by atoms with Crippen molar-refractivity contribution in [2.24, 2.45) is 0 Å². The summed E-state index contributed by atoms with van der Waals surface area (Å²) in [5.74, 6) is -2.71. The standard InChI is InChI=1S/C21H23FN2O4/c1-12-9-13(2)19(14(3)10-12)24-20(26)15(4)28-18(25)11-23-21(27)16-7-5-6-8-17(16)22/h5-10,15H,11H2,1-4H3,(H,23,27)(H,24,26). The molecule has 2 aromatic rings. The van der Waals surface area contributed by atoms with E-state index < -0.39 is 36.2 Å². The number of halogens is 1. The van der Waals surface area contributed by atoms with E-state index in [2.05, 4.69) is 10.6 Å². The summed E-state index contributed by atoms with van der Waals surface area (Å²) in [6.45, 7) is 6.68. The Balaban J connectivity index is 1.89. The lowest BCUT2D eigenvalue weighted by Crippen LogP contribution is -2.36. The molecule has 0 saturated carbocycles. The molecule has 0 radical (unpaired) electrons. The van der Waals surface area contributed by atoms with Crippen molar-refractivity contribution in [1.82, 2.24) is 5.32 Å². The van der Waals surface area contributed by atoms with Crippen molar-refractivity contribution in [3.05, 3.63) is 64.5 Å². The Hall–Kier alpha value is -3.22. The largest absolute Gasteiger partial charge is 0.451 e. The third-order valence-corrected chi connectivity index (χ3v) is 4.11. The number of anilines is 1. The molecule has 1 unspecified atom stereocenters. The smallest absolute Gasteiger partial charge is 0.326 e. The van der Waals surface area contributed by atoms with Gasteiger partial charge in [-0.2, -0.15) is 0 Å². The van der Waals surface area contributed by atoms with Gasteiger partial charge in [0.05, 0.1) is 5.56 Å². The van der Waals surface area contributed by atoms with Crippen LogP contribution in [0.2, 0.25) is 0 Å². The minimum atomic E-state index is -1.06. The molecule has 2 rings (SSSR count). The molecule has 0 aliphatic heterocycles. The summed E-state index contributed by atoms with van der Waals surface area (Å²) in [7, 11) is 0. The molecule has 1 atom stereocenters. The van der Waals surface area contributed by atoms with Gasteiger partial charge < -0.3 is 15.4 Å². The second-order valence-electron chi connectivity index (χ2n) is 6.56. The maximum absolute atomic E-state index is 13.5. The van der Waals surface area contributed by atoms with Crippen LogP contribution in [0, 0.1) is 26.6 Å². The van der Waals surface area contributed by atoms with Gasteiger partial charge in [0.2, 0.25) is 0 Å². The van der Waals surface area contributed by atoms with Gasteiger partial charge in [-0.25, -0.2) is 4.39 Å².